The van der Waals surface area contributed by atoms with E-state index in [4.69, 9.17) is 39.4 Å². The van der Waals surface area contributed by atoms with Gasteiger partial charge in [-0.1, -0.05) is 36.4 Å². The number of hydrogen-bond acceptors (Lipinski definition) is 6. The highest BCUT2D eigenvalue weighted by Crippen LogP contribution is 2.61. The molecule has 454 valence electrons. The predicted octanol–water partition coefficient (Wildman–Crippen LogP) is 17.5. The minimum absolute atomic E-state index is 0.0920. The Morgan fingerprint density at radius 2 is 1.02 bits per heavy atom. The second-order valence-corrected chi connectivity index (χ2v) is 21.6. The number of aryl methyl sites for hydroxylation is 2. The summed E-state index contributed by atoms with van der Waals surface area (Å²) >= 11 is 0. The zero-order valence-corrected chi connectivity index (χ0v) is 46.5. The summed E-state index contributed by atoms with van der Waals surface area (Å²) < 4.78 is 198. The van der Waals surface area contributed by atoms with Crippen LogP contribution in [0, 0.1) is 134 Å². The Kier molecular flexibility index (Phi) is 16.4. The molecule has 0 amide bonds. The zero-order chi connectivity index (χ0) is 67.8. The fourth-order valence-electron chi connectivity index (χ4n) is 13.1. The van der Waals surface area contributed by atoms with Crippen molar-refractivity contribution in [2.24, 2.45) is 29.6 Å². The molecular formula is C66H30F14N10O2. The van der Waals surface area contributed by atoms with Crippen LogP contribution >= 0.6 is 0 Å². The molecule has 0 aromatic heterocycles. The van der Waals surface area contributed by atoms with Crippen molar-refractivity contribution in [3.63, 3.8) is 0 Å². The molecule has 0 N–H and O–H groups in total. The molecule has 5 aliphatic rings. The van der Waals surface area contributed by atoms with Crippen molar-refractivity contribution >= 4 is 56.5 Å². The normalized spacial score (nSPS) is 23.2. The average molecular weight is 1260 g/mol. The van der Waals surface area contributed by atoms with Crippen LogP contribution in [0.25, 0.3) is 62.6 Å². The Morgan fingerprint density at radius 1 is 0.543 bits per heavy atom. The summed E-state index contributed by atoms with van der Waals surface area (Å²) in [6.45, 7) is 48.8. The van der Waals surface area contributed by atoms with E-state index in [9.17, 15) is 83.3 Å². The molecule has 0 spiro atoms. The maximum Gasteiger partial charge on any atom is 0.416 e. The Bertz CT molecular complexity index is 4640. The fourth-order valence-corrected chi connectivity index (χ4v) is 13.1. The number of carbonyl (C=O) groups excluding carboxylic acids is 2. The van der Waals surface area contributed by atoms with Gasteiger partial charge >= 0.3 is 24.7 Å². The predicted molar refractivity (Wildman–Crippen MR) is 297 cm³/mol. The number of hydrogen-bond donors (Lipinski definition) is 0. The van der Waals surface area contributed by atoms with Gasteiger partial charge < -0.3 is 4.85 Å². The molecule has 0 radical (unpaired) electrons. The lowest BCUT2D eigenvalue weighted by molar-refractivity contribution is -0.144. The number of fused-ring (bicyclic) bond motifs is 4. The zero-order valence-electron chi connectivity index (χ0n) is 46.5. The van der Waals surface area contributed by atoms with Crippen molar-refractivity contribution in [3.05, 3.63) is 242 Å². The molecule has 0 bridgehead atoms. The van der Waals surface area contributed by atoms with Crippen LogP contribution in [-0.4, -0.2) is 23.8 Å². The van der Waals surface area contributed by atoms with E-state index in [1.807, 2.05) is 0 Å². The van der Waals surface area contributed by atoms with E-state index in [1.165, 1.54) is 36.4 Å². The second-order valence-electron chi connectivity index (χ2n) is 21.6. The van der Waals surface area contributed by atoms with E-state index in [-0.39, 0.29) is 58.6 Å². The minimum atomic E-state index is -5.33. The molecule has 9 unspecified atom stereocenters. The van der Waals surface area contributed by atoms with Crippen molar-refractivity contribution in [1.82, 2.24) is 0 Å². The van der Waals surface area contributed by atoms with Gasteiger partial charge in [0, 0.05) is 34.5 Å². The first kappa shape index (κ1) is 64.8. The largest absolute Gasteiger partial charge is 0.416 e. The topological polar surface area (TPSA) is 155 Å². The number of ketones is 2. The summed E-state index contributed by atoms with van der Waals surface area (Å²) in [5.41, 5.74) is -13.0. The Hall–Kier alpha value is -11.7. The molecule has 0 aliphatic heterocycles. The van der Waals surface area contributed by atoms with Crippen LogP contribution in [0.5, 0.6) is 0 Å². The van der Waals surface area contributed by atoms with Gasteiger partial charge in [0.1, 0.15) is 29.8 Å². The molecule has 5 aromatic rings. The van der Waals surface area contributed by atoms with Crippen LogP contribution in [0.15, 0.2) is 90.3 Å². The maximum atomic E-state index is 17.0. The first-order valence-electron chi connectivity index (χ1n) is 26.5. The smallest absolute Gasteiger partial charge is 0.312 e. The van der Waals surface area contributed by atoms with Crippen molar-refractivity contribution in [2.75, 3.05) is 0 Å². The van der Waals surface area contributed by atoms with Crippen LogP contribution in [0.3, 0.4) is 0 Å². The molecule has 5 aliphatic carbocycles. The summed E-state index contributed by atoms with van der Waals surface area (Å²) in [5, 5.41) is 40.1. The number of allylic oxidation sites excluding steroid dienone is 7. The second kappa shape index (κ2) is 23.4. The Labute approximate surface area is 512 Å². The number of nitriles is 4. The summed E-state index contributed by atoms with van der Waals surface area (Å²) in [7, 11) is 0. The van der Waals surface area contributed by atoms with Gasteiger partial charge in [-0.2, -0.15) is 63.2 Å². The number of nitrogens with zero attached hydrogens (tertiary/aromatic N) is 10. The summed E-state index contributed by atoms with van der Waals surface area (Å²) in [6, 6.07) is 16.3. The van der Waals surface area contributed by atoms with Crippen molar-refractivity contribution in [3.8, 4) is 24.3 Å². The van der Waals surface area contributed by atoms with Crippen molar-refractivity contribution in [2.45, 2.75) is 69.0 Å². The molecule has 9 atom stereocenters. The van der Waals surface area contributed by atoms with Gasteiger partial charge in [-0.25, -0.2) is 50.1 Å². The van der Waals surface area contributed by atoms with Crippen LogP contribution in [-0.2, 0) is 34.3 Å². The number of rotatable bonds is 4. The van der Waals surface area contributed by atoms with Crippen LogP contribution < -0.4 is 0 Å². The van der Waals surface area contributed by atoms with E-state index in [0.717, 1.165) is 6.07 Å². The standard InChI is InChI=1S/C36H10F7N7.C30H20F7N3O2/c1-16-8-17(6-7-24(16)47-2)28-31(26(15-46)49-4)22-12-21-29(33(37)32(22)34(28)50-5)23(13-44)27(30(21)25(14-45)48-3)18-9-19(35(38,39)40)11-20(10-18)36(41,42)43;1-12-6-13(4-5-20(12)39-2)22-26(40-3)24-18(28(22)42)10-17-23(25(24)31)19(11-38)21(27(17)41)14-7-15(29(32,33)34)9-16(8-14)30(35,36)37/h6-12H,1H3;4-9,17-19,21-26H,10H2,1H3/b30-25+,31-26-;. The molecule has 3 saturated carbocycles. The lowest BCUT2D eigenvalue weighted by atomic mass is 9.66. The lowest BCUT2D eigenvalue weighted by Gasteiger charge is -2.36. The van der Waals surface area contributed by atoms with Gasteiger partial charge in [0.25, 0.3) is 11.4 Å². The minimum Gasteiger partial charge on any atom is -0.312 e. The molecule has 5 aromatic carbocycles. The van der Waals surface area contributed by atoms with Gasteiger partial charge in [0.15, 0.2) is 17.2 Å². The van der Waals surface area contributed by atoms with Gasteiger partial charge in [-0.05, 0) is 124 Å². The number of carbonyl (C=O) groups is 2. The fraction of sp³-hybridized carbons (Fsp3) is 0.242. The maximum absolute atomic E-state index is 17.0. The van der Waals surface area contributed by atoms with E-state index < -0.39 is 180 Å². The molecule has 0 heterocycles. The molecule has 0 saturated heterocycles. The van der Waals surface area contributed by atoms with E-state index >= 15 is 8.78 Å². The van der Waals surface area contributed by atoms with Gasteiger partial charge in [0.2, 0.25) is 11.7 Å². The molecular weight excluding hydrogens is 1230 g/mol. The quantitative estimate of drug-likeness (QED) is 0.0991. The highest BCUT2D eigenvalue weighted by atomic mass is 19.4. The van der Waals surface area contributed by atoms with Gasteiger partial charge in [-0.3, -0.25) is 9.59 Å². The Balaban J connectivity index is 0.000000221. The van der Waals surface area contributed by atoms with Gasteiger partial charge in [0.05, 0.1) is 96.6 Å². The molecule has 10 rings (SSSR count). The Morgan fingerprint density at radius 3 is 1.47 bits per heavy atom. The van der Waals surface area contributed by atoms with Crippen LogP contribution in [0.4, 0.5) is 72.8 Å². The van der Waals surface area contributed by atoms with Crippen LogP contribution in [0.1, 0.15) is 96.1 Å². The summed E-state index contributed by atoms with van der Waals surface area (Å²) in [5.74, 6) is -12.3. The first-order valence-corrected chi connectivity index (χ1v) is 26.5. The van der Waals surface area contributed by atoms with Gasteiger partial charge in [-0.15, -0.1) is 0 Å². The van der Waals surface area contributed by atoms with Crippen LogP contribution in [0.2, 0.25) is 0 Å². The van der Waals surface area contributed by atoms with E-state index in [1.54, 1.807) is 38.1 Å². The number of benzene rings is 5. The number of halogens is 14. The molecule has 92 heavy (non-hydrogen) atoms. The summed E-state index contributed by atoms with van der Waals surface area (Å²) in [4.78, 5) is 47.3. The molecule has 12 nitrogen and oxygen atoms in total. The third kappa shape index (κ3) is 10.6. The SMILES string of the molecule is [C-]#[N+]C1=C(c2ccc([N+]#[C-])c(C)c2)/C(=C(/C#N)[N+]#[C-])c2cc3c(c(F)c21)C(C#N)=C(c1cc(C(F)(F)F)cc(C(F)(F)F)c1)/C3=C(\C#N)[N+]#[C-].[C-]#[N+]c1ccc(C2C(=O)C3CC4C(=O)C(c5cc(C(F)(F)F)cc(C(F)(F)F)c5)C(C#N)C4C(F)C3C2[N+]#[C-])cc1C. The number of Topliss-reactive ketones (excluding diaryl/α,β-unsaturated/α-hetero) is 2. The molecule has 3 fully saturated rings. The van der Waals surface area contributed by atoms with Crippen molar-refractivity contribution < 1.29 is 71.1 Å². The lowest BCUT2D eigenvalue weighted by Crippen LogP contribution is -2.44. The number of alkyl halides is 13. The highest BCUT2D eigenvalue weighted by Gasteiger charge is 2.68. The highest BCUT2D eigenvalue weighted by molar-refractivity contribution is 6.29. The monoisotopic (exact) mass is 1260 g/mol. The third-order valence-electron chi connectivity index (χ3n) is 16.9. The van der Waals surface area contributed by atoms with E-state index in [2.05, 4.69) is 29.1 Å². The molecule has 26 heteroatoms. The van der Waals surface area contributed by atoms with E-state index in [0.29, 0.717) is 34.5 Å². The van der Waals surface area contributed by atoms with Crippen molar-refractivity contribution in [1.29, 1.82) is 21.0 Å². The average Bonchev–Trinajstić information content (AvgIpc) is 1.55. The first-order chi connectivity index (χ1) is 43.2. The third-order valence-corrected chi connectivity index (χ3v) is 16.9. The summed E-state index contributed by atoms with van der Waals surface area (Å²) in [6.07, 6.45) is -23.4.